The van der Waals surface area contributed by atoms with E-state index in [1.165, 1.54) is 16.8 Å². The summed E-state index contributed by atoms with van der Waals surface area (Å²) in [5, 5.41) is 0.454. The van der Waals surface area contributed by atoms with Gasteiger partial charge in [0.15, 0.2) is 0 Å². The molecule has 5 heteroatoms. The Bertz CT molecular complexity index is 885. The number of rotatable bonds is 0. The third-order valence-electron chi connectivity index (χ3n) is 3.38. The minimum Gasteiger partial charge on any atom is -0.268 e. The molecular weight excluding hydrogens is 245 g/mol. The quantitative estimate of drug-likeness (QED) is 0.480. The Morgan fingerprint density at radius 2 is 2.16 bits per heavy atom. The lowest BCUT2D eigenvalue weighted by Gasteiger charge is -2.06. The minimum atomic E-state index is -0.395. The van der Waals surface area contributed by atoms with E-state index in [0.29, 0.717) is 28.8 Å². The first-order chi connectivity index (χ1) is 9.25. The highest BCUT2D eigenvalue weighted by Crippen LogP contribution is 2.27. The number of nitrogens with zero attached hydrogens (tertiary/aromatic N) is 3. The highest BCUT2D eigenvalue weighted by molar-refractivity contribution is 5.77. The lowest BCUT2D eigenvalue weighted by molar-refractivity contribution is 0.617. The summed E-state index contributed by atoms with van der Waals surface area (Å²) in [6, 6.07) is 6.43. The first-order valence-electron chi connectivity index (χ1n) is 5.89. The fourth-order valence-corrected chi connectivity index (χ4v) is 2.56. The number of aromatic nitrogens is 3. The summed E-state index contributed by atoms with van der Waals surface area (Å²) in [6.45, 7) is 0. The third-order valence-corrected chi connectivity index (χ3v) is 3.38. The van der Waals surface area contributed by atoms with Crippen molar-refractivity contribution in [3.8, 4) is 5.69 Å². The molecule has 92 valence electrons. The van der Waals surface area contributed by atoms with E-state index in [1.54, 1.807) is 18.3 Å². The molecule has 4 nitrogen and oxygen atoms in total. The van der Waals surface area contributed by atoms with E-state index < -0.39 is 5.82 Å². The predicted molar refractivity (Wildman–Crippen MR) is 67.9 cm³/mol. The van der Waals surface area contributed by atoms with Crippen molar-refractivity contribution in [3.05, 3.63) is 64.2 Å². The maximum Gasteiger partial charge on any atom is 0.266 e. The Balaban J connectivity index is 2.19. The van der Waals surface area contributed by atoms with Crippen molar-refractivity contribution in [3.63, 3.8) is 0 Å². The largest absolute Gasteiger partial charge is 0.268 e. The first-order valence-corrected chi connectivity index (χ1v) is 5.89. The standard InChI is InChI=1S/C14H8FN3O/c15-10-3-1-2-8-6-12-17-11-7-16-5-4-9(11)14(19)18(12)13(8)10/h1-5,7H,6H2. The van der Waals surface area contributed by atoms with E-state index >= 15 is 0 Å². The van der Waals surface area contributed by atoms with Crippen LogP contribution < -0.4 is 5.56 Å². The summed E-state index contributed by atoms with van der Waals surface area (Å²) < 4.78 is 15.3. The molecule has 0 atom stereocenters. The second-order valence-electron chi connectivity index (χ2n) is 4.49. The van der Waals surface area contributed by atoms with Gasteiger partial charge in [-0.2, -0.15) is 0 Å². The van der Waals surface area contributed by atoms with Gasteiger partial charge in [0, 0.05) is 12.6 Å². The molecule has 1 aliphatic rings. The molecule has 3 aromatic rings. The van der Waals surface area contributed by atoms with Crippen LogP contribution in [-0.2, 0) is 6.42 Å². The summed E-state index contributed by atoms with van der Waals surface area (Å²) in [4.78, 5) is 20.8. The number of hydrogen-bond donors (Lipinski definition) is 0. The molecule has 0 N–H and O–H groups in total. The van der Waals surface area contributed by atoms with Gasteiger partial charge in [-0.15, -0.1) is 0 Å². The molecule has 0 saturated heterocycles. The maximum atomic E-state index is 13.9. The molecular formula is C14H8FN3O. The predicted octanol–water partition coefficient (Wildman–Crippen LogP) is 1.82. The van der Waals surface area contributed by atoms with Crippen molar-refractivity contribution >= 4 is 10.9 Å². The highest BCUT2D eigenvalue weighted by Gasteiger charge is 2.24. The molecule has 1 aromatic carbocycles. The van der Waals surface area contributed by atoms with Crippen LogP contribution in [0.2, 0.25) is 0 Å². The fraction of sp³-hybridized carbons (Fsp3) is 0.0714. The van der Waals surface area contributed by atoms with E-state index in [4.69, 9.17) is 0 Å². The molecule has 0 unspecified atom stereocenters. The van der Waals surface area contributed by atoms with Gasteiger partial charge in [-0.3, -0.25) is 14.3 Å². The van der Waals surface area contributed by atoms with Gasteiger partial charge in [0.2, 0.25) is 0 Å². The van der Waals surface area contributed by atoms with Gasteiger partial charge in [-0.1, -0.05) is 12.1 Å². The van der Waals surface area contributed by atoms with E-state index in [2.05, 4.69) is 9.97 Å². The molecule has 2 aromatic heterocycles. The summed E-state index contributed by atoms with van der Waals surface area (Å²) in [5.74, 6) is 0.166. The summed E-state index contributed by atoms with van der Waals surface area (Å²) in [6.07, 6.45) is 3.56. The van der Waals surface area contributed by atoms with Crippen molar-refractivity contribution < 1.29 is 4.39 Å². The SMILES string of the molecule is O=c1c2ccncc2nc2n1-c1c(F)cccc1C2. The highest BCUT2D eigenvalue weighted by atomic mass is 19.1. The number of fused-ring (bicyclic) bond motifs is 4. The van der Waals surface area contributed by atoms with Crippen LogP contribution in [0.4, 0.5) is 4.39 Å². The Hall–Kier alpha value is -2.56. The van der Waals surface area contributed by atoms with Crippen LogP contribution in [0.25, 0.3) is 16.6 Å². The van der Waals surface area contributed by atoms with Crippen molar-refractivity contribution in [2.24, 2.45) is 0 Å². The summed E-state index contributed by atoms with van der Waals surface area (Å²) in [7, 11) is 0. The van der Waals surface area contributed by atoms with Crippen LogP contribution in [0.3, 0.4) is 0 Å². The summed E-state index contributed by atoms with van der Waals surface area (Å²) >= 11 is 0. The second-order valence-corrected chi connectivity index (χ2v) is 4.49. The van der Waals surface area contributed by atoms with Gasteiger partial charge in [0.05, 0.1) is 22.8 Å². The van der Waals surface area contributed by atoms with Gasteiger partial charge >= 0.3 is 0 Å². The molecule has 1 aliphatic heterocycles. The van der Waals surface area contributed by atoms with E-state index in [1.807, 2.05) is 6.07 Å². The van der Waals surface area contributed by atoms with Crippen molar-refractivity contribution in [1.29, 1.82) is 0 Å². The van der Waals surface area contributed by atoms with E-state index in [9.17, 15) is 9.18 Å². The van der Waals surface area contributed by atoms with Crippen LogP contribution in [-0.4, -0.2) is 14.5 Å². The monoisotopic (exact) mass is 253 g/mol. The number of benzene rings is 1. The van der Waals surface area contributed by atoms with Crippen LogP contribution in [0.15, 0.2) is 41.5 Å². The van der Waals surface area contributed by atoms with Crippen LogP contribution in [0.1, 0.15) is 11.4 Å². The van der Waals surface area contributed by atoms with Crippen LogP contribution in [0, 0.1) is 5.82 Å². The van der Waals surface area contributed by atoms with Gasteiger partial charge < -0.3 is 0 Å². The fourth-order valence-electron chi connectivity index (χ4n) is 2.56. The molecule has 0 radical (unpaired) electrons. The molecule has 0 aliphatic carbocycles. The average molecular weight is 253 g/mol. The van der Waals surface area contributed by atoms with E-state index in [-0.39, 0.29) is 5.56 Å². The molecule has 3 heterocycles. The van der Waals surface area contributed by atoms with Crippen LogP contribution >= 0.6 is 0 Å². The van der Waals surface area contributed by atoms with Crippen LogP contribution in [0.5, 0.6) is 0 Å². The third kappa shape index (κ3) is 1.29. The second kappa shape index (κ2) is 3.47. The van der Waals surface area contributed by atoms with Crippen molar-refractivity contribution in [2.75, 3.05) is 0 Å². The van der Waals surface area contributed by atoms with Crippen molar-refractivity contribution in [2.45, 2.75) is 6.42 Å². The Labute approximate surface area is 107 Å². The van der Waals surface area contributed by atoms with Gasteiger partial charge in [-0.25, -0.2) is 9.37 Å². The number of halogens is 1. The zero-order valence-electron chi connectivity index (χ0n) is 9.80. The molecule has 0 saturated carbocycles. The number of pyridine rings is 1. The Morgan fingerprint density at radius 1 is 1.26 bits per heavy atom. The normalized spacial score (nSPS) is 12.5. The molecule has 19 heavy (non-hydrogen) atoms. The van der Waals surface area contributed by atoms with Gasteiger partial charge in [0.1, 0.15) is 11.6 Å². The number of hydrogen-bond acceptors (Lipinski definition) is 3. The Kier molecular flexibility index (Phi) is 1.90. The smallest absolute Gasteiger partial charge is 0.266 e. The van der Waals surface area contributed by atoms with Gasteiger partial charge in [-0.05, 0) is 17.7 Å². The molecule has 0 spiro atoms. The zero-order valence-corrected chi connectivity index (χ0v) is 9.80. The molecule has 0 fully saturated rings. The lowest BCUT2D eigenvalue weighted by Crippen LogP contribution is -2.21. The van der Waals surface area contributed by atoms with E-state index in [0.717, 1.165) is 5.56 Å². The molecule has 0 bridgehead atoms. The number of para-hydroxylation sites is 1. The Morgan fingerprint density at radius 3 is 3.05 bits per heavy atom. The molecule has 4 rings (SSSR count). The minimum absolute atomic E-state index is 0.244. The maximum absolute atomic E-state index is 13.9. The topological polar surface area (TPSA) is 47.8 Å². The average Bonchev–Trinajstić information content (AvgIpc) is 2.79. The summed E-state index contributed by atoms with van der Waals surface area (Å²) in [5.41, 5.74) is 1.42. The lowest BCUT2D eigenvalue weighted by atomic mass is 10.1. The first kappa shape index (κ1) is 10.4. The zero-order chi connectivity index (χ0) is 13.0. The molecule has 0 amide bonds. The van der Waals surface area contributed by atoms with Crippen molar-refractivity contribution in [1.82, 2.24) is 14.5 Å². The van der Waals surface area contributed by atoms with Gasteiger partial charge in [0.25, 0.3) is 5.56 Å².